The Morgan fingerprint density at radius 2 is 1.43 bits per heavy atom. The zero-order valence-electron chi connectivity index (χ0n) is 38.8. The number of thiol groups is 2. The maximum atomic E-state index is 5.11. The van der Waals surface area contributed by atoms with Gasteiger partial charge in [0.2, 0.25) is 0 Å². The lowest BCUT2D eigenvalue weighted by atomic mass is 9.67. The van der Waals surface area contributed by atoms with Crippen molar-refractivity contribution in [2.45, 2.75) is 170 Å². The van der Waals surface area contributed by atoms with Crippen LogP contribution in [0.5, 0.6) is 0 Å². The largest absolute Gasteiger partial charge is 0.333 e. The van der Waals surface area contributed by atoms with Gasteiger partial charge in [-0.25, -0.2) is 0 Å². The third kappa shape index (κ3) is 17.5. The molecule has 0 saturated carbocycles. The van der Waals surface area contributed by atoms with Crippen LogP contribution in [0.3, 0.4) is 0 Å². The van der Waals surface area contributed by atoms with Gasteiger partial charge in [-0.15, -0.1) is 9.24 Å². The van der Waals surface area contributed by atoms with Crippen molar-refractivity contribution in [3.63, 3.8) is 0 Å². The standard InChI is InChI=1S/C42H64NPS2.C3H9N.C2H6.2CH5N/c1-11-38-30(8)42(10,27(4)5)43-41(13-3)39(12-2)34(20-21-45)17-14-28(6)22-35-24-37(38)25-36(40(35)26-46)23-32-15-18-33(19-16-32)29(7)31(9)44;1-3(2)4;3*1-2/h14-21,24-25,27,29-31,38-39,41,43,45-46H,11-13,22-23,26,44H2,1-10H3;3H,4H2,1-2H3;1-2H3;2*2H2,1H3/b21-20?,28-14+,34-17+;;;;. The van der Waals surface area contributed by atoms with Gasteiger partial charge in [-0.2, -0.15) is 25.3 Å². The van der Waals surface area contributed by atoms with Crippen molar-refractivity contribution in [3.8, 4) is 0 Å². The molecule has 8 atom stereocenters. The molecule has 4 nitrogen and oxygen atoms in total. The second kappa shape index (κ2) is 30.6. The summed E-state index contributed by atoms with van der Waals surface area (Å²) in [5.74, 6) is 3.04. The van der Waals surface area contributed by atoms with Crippen LogP contribution in [0.1, 0.15) is 161 Å². The quantitative estimate of drug-likeness (QED) is 0.106. The normalized spacial score (nSPS) is 24.2. The third-order valence-corrected chi connectivity index (χ3v) is 12.5. The number of benzene rings is 2. The molecule has 8 unspecified atom stereocenters. The number of rotatable bonds is 10. The molecule has 7 N–H and O–H groups in total. The fourth-order valence-electron chi connectivity index (χ4n) is 7.77. The second-order valence-corrected chi connectivity index (χ2v) is 17.5. The molecule has 2 aromatic rings. The molecule has 0 fully saturated rings. The highest BCUT2D eigenvalue weighted by Gasteiger charge is 2.41. The van der Waals surface area contributed by atoms with E-state index in [2.05, 4.69) is 163 Å². The van der Waals surface area contributed by atoms with Crippen LogP contribution in [0.4, 0.5) is 0 Å². The molecule has 0 radical (unpaired) electrons. The highest BCUT2D eigenvalue weighted by atomic mass is 32.1. The SMILES string of the molecule is CC.CC(C)N.CCC1NC(C)(C(C)C)C(C)C(CC)c2cc(c(CS)c(Cc3ccc(C(C)C(C)P)cc3)c2)C/C(C)=C/C=C(\C=CS)C1CC.CN.CN. The molecule has 56 heavy (non-hydrogen) atoms. The molecule has 1 aliphatic heterocycles. The number of nitrogens with two attached hydrogens (primary N) is 3. The van der Waals surface area contributed by atoms with E-state index in [1.165, 1.54) is 58.6 Å². The Morgan fingerprint density at radius 1 is 0.893 bits per heavy atom. The Bertz CT molecular complexity index is 1410. The van der Waals surface area contributed by atoms with Gasteiger partial charge in [0.15, 0.2) is 0 Å². The summed E-state index contributed by atoms with van der Waals surface area (Å²) in [6.07, 6.45) is 12.1. The summed E-state index contributed by atoms with van der Waals surface area (Å²) in [4.78, 5) is 0. The lowest BCUT2D eigenvalue weighted by molar-refractivity contribution is 0.118. The predicted molar refractivity (Wildman–Crippen MR) is 267 cm³/mol. The molecule has 1 aliphatic rings. The van der Waals surface area contributed by atoms with Gasteiger partial charge < -0.3 is 22.5 Å². The van der Waals surface area contributed by atoms with E-state index in [1.54, 1.807) is 0 Å². The summed E-state index contributed by atoms with van der Waals surface area (Å²) in [6.45, 7) is 31.7. The molecular formula is C49H89N4PS2. The third-order valence-electron chi connectivity index (χ3n) is 11.5. The van der Waals surface area contributed by atoms with Crippen LogP contribution in [0.25, 0.3) is 0 Å². The van der Waals surface area contributed by atoms with E-state index in [9.17, 15) is 0 Å². The van der Waals surface area contributed by atoms with Crippen molar-refractivity contribution >= 4 is 34.5 Å². The number of hydrogen-bond acceptors (Lipinski definition) is 6. The van der Waals surface area contributed by atoms with E-state index in [0.717, 1.165) is 37.9 Å². The van der Waals surface area contributed by atoms with Gasteiger partial charge in [0.05, 0.1) is 0 Å². The van der Waals surface area contributed by atoms with E-state index in [4.69, 9.17) is 18.4 Å². The topological polar surface area (TPSA) is 90.1 Å². The van der Waals surface area contributed by atoms with Crippen LogP contribution in [-0.2, 0) is 18.6 Å². The maximum Gasteiger partial charge on any atom is 0.0210 e. The van der Waals surface area contributed by atoms with Crippen LogP contribution in [0.15, 0.2) is 71.2 Å². The first-order valence-electron chi connectivity index (χ1n) is 21.5. The summed E-state index contributed by atoms with van der Waals surface area (Å²) in [5.41, 5.74) is 25.9. The van der Waals surface area contributed by atoms with Crippen molar-refractivity contribution in [1.29, 1.82) is 0 Å². The van der Waals surface area contributed by atoms with E-state index < -0.39 is 0 Å². The molecule has 7 heteroatoms. The van der Waals surface area contributed by atoms with Crippen molar-refractivity contribution in [1.82, 2.24) is 5.32 Å². The number of allylic oxidation sites excluding steroid dienone is 4. The number of nitrogens with one attached hydrogen (secondary N) is 1. The highest BCUT2D eigenvalue weighted by molar-refractivity contribution is 7.83. The molecule has 322 valence electrons. The first-order chi connectivity index (χ1) is 26.6. The molecule has 2 aromatic carbocycles. The maximum absolute atomic E-state index is 5.11. The molecule has 0 aromatic heterocycles. The average molecular weight is 829 g/mol. The molecule has 0 amide bonds. The Kier molecular flexibility index (Phi) is 31.0. The molecule has 0 aliphatic carbocycles. The molecular weight excluding hydrogens is 740 g/mol. The Balaban J connectivity index is 0. The monoisotopic (exact) mass is 829 g/mol. The van der Waals surface area contributed by atoms with Crippen molar-refractivity contribution in [3.05, 3.63) is 105 Å². The van der Waals surface area contributed by atoms with Crippen molar-refractivity contribution in [2.75, 3.05) is 14.1 Å². The predicted octanol–water partition coefficient (Wildman–Crippen LogP) is 12.4. The summed E-state index contributed by atoms with van der Waals surface area (Å²) in [7, 11) is 5.96. The fourth-order valence-corrected chi connectivity index (χ4v) is 8.57. The lowest BCUT2D eigenvalue weighted by Crippen LogP contribution is -2.58. The summed E-state index contributed by atoms with van der Waals surface area (Å²) in [5, 5.41) is 6.23. The van der Waals surface area contributed by atoms with E-state index in [-0.39, 0.29) is 5.54 Å². The lowest BCUT2D eigenvalue weighted by Gasteiger charge is -2.48. The van der Waals surface area contributed by atoms with Crippen LogP contribution in [0.2, 0.25) is 0 Å². The van der Waals surface area contributed by atoms with Gasteiger partial charge >= 0.3 is 0 Å². The van der Waals surface area contributed by atoms with E-state index in [1.807, 2.05) is 33.1 Å². The van der Waals surface area contributed by atoms with Gasteiger partial charge in [-0.3, -0.25) is 0 Å². The smallest absolute Gasteiger partial charge is 0.0210 e. The first-order valence-corrected chi connectivity index (χ1v) is 23.4. The number of fused-ring (bicyclic) bond motifs is 2. The average Bonchev–Trinajstić information content (AvgIpc) is 3.18. The summed E-state index contributed by atoms with van der Waals surface area (Å²) < 4.78 is 0. The minimum Gasteiger partial charge on any atom is -0.333 e. The fraction of sp³-hybridized carbons (Fsp3) is 0.633. The van der Waals surface area contributed by atoms with Crippen LogP contribution < -0.4 is 22.5 Å². The molecule has 1 heterocycles. The van der Waals surface area contributed by atoms with Gasteiger partial charge in [0.1, 0.15) is 0 Å². The molecule has 2 bridgehead atoms. The van der Waals surface area contributed by atoms with Crippen LogP contribution in [-0.4, -0.2) is 37.4 Å². The summed E-state index contributed by atoms with van der Waals surface area (Å²) >= 11 is 9.48. The van der Waals surface area contributed by atoms with Gasteiger partial charge in [-0.1, -0.05) is 143 Å². The van der Waals surface area contributed by atoms with Gasteiger partial charge in [0.25, 0.3) is 0 Å². The molecule has 0 spiro atoms. The zero-order valence-corrected chi connectivity index (χ0v) is 41.8. The minimum absolute atomic E-state index is 0.0375. The molecule has 0 saturated heterocycles. The Morgan fingerprint density at radius 3 is 1.86 bits per heavy atom. The molecule has 3 rings (SSSR count). The Labute approximate surface area is 361 Å². The Hall–Kier alpha value is -1.37. The van der Waals surface area contributed by atoms with Gasteiger partial charge in [0, 0.05) is 17.3 Å². The summed E-state index contributed by atoms with van der Waals surface area (Å²) in [6, 6.07) is 15.2. The van der Waals surface area contributed by atoms with Crippen molar-refractivity contribution in [2.24, 2.45) is 35.0 Å². The number of hydrogen-bond donors (Lipinski definition) is 6. The van der Waals surface area contributed by atoms with Crippen molar-refractivity contribution < 1.29 is 0 Å². The van der Waals surface area contributed by atoms with Gasteiger partial charge in [-0.05, 0) is 146 Å². The first kappa shape index (κ1) is 56.7. The highest BCUT2D eigenvalue weighted by Crippen LogP contribution is 2.42. The van der Waals surface area contributed by atoms with E-state index >= 15 is 0 Å². The van der Waals surface area contributed by atoms with Crippen LogP contribution in [0, 0.1) is 17.8 Å². The van der Waals surface area contributed by atoms with E-state index in [0.29, 0.717) is 47.3 Å². The second-order valence-electron chi connectivity index (χ2n) is 15.9. The van der Waals surface area contributed by atoms with Crippen LogP contribution >= 0.6 is 34.5 Å². The zero-order chi connectivity index (χ0) is 43.8. The minimum atomic E-state index is -0.0375.